The average Bonchev–Trinajstić information content (AvgIpc) is 2.44. The Morgan fingerprint density at radius 1 is 1.27 bits per heavy atom. The zero-order chi connectivity index (χ0) is 16.4. The number of ether oxygens (including phenoxy) is 1. The molecule has 4 N–H and O–H groups in total. The fourth-order valence-corrected chi connectivity index (χ4v) is 1.93. The van der Waals surface area contributed by atoms with Crippen LogP contribution in [0.4, 0.5) is 0 Å². The Balaban J connectivity index is 2.45. The first-order valence-corrected chi connectivity index (χ1v) is 6.62. The minimum atomic E-state index is -1.76. The Morgan fingerprint density at radius 2 is 1.95 bits per heavy atom. The van der Waals surface area contributed by atoms with Crippen LogP contribution in [-0.4, -0.2) is 39.1 Å². The monoisotopic (exact) mass is 304 g/mol. The van der Waals surface area contributed by atoms with Gasteiger partial charge in [-0.15, -0.1) is 0 Å². The molecule has 0 spiro atoms. The van der Waals surface area contributed by atoms with Crippen LogP contribution in [0.3, 0.4) is 0 Å². The highest BCUT2D eigenvalue weighted by Crippen LogP contribution is 2.26. The number of rotatable bonds is 5. The van der Waals surface area contributed by atoms with E-state index < -0.39 is 23.5 Å². The van der Waals surface area contributed by atoms with E-state index in [1.165, 1.54) is 6.07 Å². The second-order valence-electron chi connectivity index (χ2n) is 5.06. The number of aliphatic carboxylic acids is 1. The number of hydrogen-bond acceptors (Lipinski definition) is 6. The average molecular weight is 304 g/mol. The topological polar surface area (TPSA) is 123 Å². The summed E-state index contributed by atoms with van der Waals surface area (Å²) in [6, 6.07) is 4.54. The molecule has 0 radical (unpaired) electrons. The van der Waals surface area contributed by atoms with E-state index in [9.17, 15) is 14.7 Å². The number of benzene rings is 1. The fraction of sp³-hybridized carbons (Fsp3) is 0.267. The van der Waals surface area contributed by atoms with E-state index in [-0.39, 0.29) is 11.8 Å². The first-order chi connectivity index (χ1) is 10.3. The summed E-state index contributed by atoms with van der Waals surface area (Å²) in [6.07, 6.45) is -0.00609. The Bertz CT molecular complexity index is 742. The Morgan fingerprint density at radius 3 is 2.55 bits per heavy atom. The van der Waals surface area contributed by atoms with Gasteiger partial charge in [-0.1, -0.05) is 0 Å². The first-order valence-electron chi connectivity index (χ1n) is 6.62. The summed E-state index contributed by atoms with van der Waals surface area (Å²) in [6.45, 7) is 3.77. The molecule has 7 nitrogen and oxygen atoms in total. The number of carboxylic acids is 1. The number of nitrogens with zero attached hydrogens (tertiary/aromatic N) is 1. The summed E-state index contributed by atoms with van der Waals surface area (Å²) in [7, 11) is 0. The molecule has 0 saturated carbocycles. The number of ketones is 1. The molecule has 2 rings (SSSR count). The SMILES string of the molecule is CC(C)Oc1ccc2nc(C(=O)C(N)C(=O)O)c(O)cc2c1. The van der Waals surface area contributed by atoms with Gasteiger partial charge >= 0.3 is 5.97 Å². The molecule has 1 aromatic heterocycles. The first kappa shape index (κ1) is 15.7. The van der Waals surface area contributed by atoms with Gasteiger partial charge in [0.1, 0.15) is 11.5 Å². The molecule has 116 valence electrons. The van der Waals surface area contributed by atoms with Gasteiger partial charge in [0.15, 0.2) is 11.7 Å². The van der Waals surface area contributed by atoms with Crippen LogP contribution in [0.2, 0.25) is 0 Å². The molecule has 0 amide bonds. The van der Waals surface area contributed by atoms with Crippen molar-refractivity contribution in [1.82, 2.24) is 4.98 Å². The third kappa shape index (κ3) is 3.15. The van der Waals surface area contributed by atoms with Gasteiger partial charge in [-0.25, -0.2) is 4.98 Å². The Kier molecular flexibility index (Phi) is 4.27. The summed E-state index contributed by atoms with van der Waals surface area (Å²) in [5.74, 6) is -2.25. The third-order valence-electron chi connectivity index (χ3n) is 2.92. The molecule has 1 aromatic carbocycles. The molecule has 1 unspecified atom stereocenters. The van der Waals surface area contributed by atoms with Crippen molar-refractivity contribution in [2.24, 2.45) is 5.73 Å². The molecule has 0 aliphatic heterocycles. The number of hydrogen-bond donors (Lipinski definition) is 3. The number of carbonyl (C=O) groups is 2. The third-order valence-corrected chi connectivity index (χ3v) is 2.92. The lowest BCUT2D eigenvalue weighted by atomic mass is 10.1. The van der Waals surface area contributed by atoms with E-state index in [4.69, 9.17) is 15.6 Å². The van der Waals surface area contributed by atoms with E-state index in [0.717, 1.165) is 0 Å². The molecule has 22 heavy (non-hydrogen) atoms. The number of pyridine rings is 1. The van der Waals surface area contributed by atoms with Gasteiger partial charge in [-0.05, 0) is 38.1 Å². The van der Waals surface area contributed by atoms with Crippen molar-refractivity contribution in [1.29, 1.82) is 0 Å². The summed E-state index contributed by atoms with van der Waals surface area (Å²) >= 11 is 0. The second kappa shape index (κ2) is 5.98. The Hall–Kier alpha value is -2.67. The van der Waals surface area contributed by atoms with Crippen LogP contribution >= 0.6 is 0 Å². The molecule has 1 atom stereocenters. The minimum absolute atomic E-state index is 0.00609. The molecular weight excluding hydrogens is 288 g/mol. The van der Waals surface area contributed by atoms with Crippen molar-refractivity contribution in [2.45, 2.75) is 26.0 Å². The molecule has 0 aliphatic rings. The van der Waals surface area contributed by atoms with Crippen LogP contribution in [0.25, 0.3) is 10.9 Å². The zero-order valence-corrected chi connectivity index (χ0v) is 12.1. The van der Waals surface area contributed by atoms with Gasteiger partial charge in [0.25, 0.3) is 0 Å². The highest BCUT2D eigenvalue weighted by molar-refractivity contribution is 6.12. The number of fused-ring (bicyclic) bond motifs is 1. The van der Waals surface area contributed by atoms with Gasteiger partial charge < -0.3 is 20.7 Å². The van der Waals surface area contributed by atoms with Crippen molar-refractivity contribution in [2.75, 3.05) is 0 Å². The summed E-state index contributed by atoms with van der Waals surface area (Å²) in [5.41, 5.74) is 5.33. The van der Waals surface area contributed by atoms with E-state index in [1.54, 1.807) is 18.2 Å². The van der Waals surface area contributed by atoms with Gasteiger partial charge in [0.05, 0.1) is 11.6 Å². The van der Waals surface area contributed by atoms with E-state index >= 15 is 0 Å². The normalized spacial score (nSPS) is 12.4. The van der Waals surface area contributed by atoms with Crippen LogP contribution in [-0.2, 0) is 4.79 Å². The molecular formula is C15H16N2O5. The van der Waals surface area contributed by atoms with Gasteiger partial charge in [0, 0.05) is 5.39 Å². The predicted octanol–water partition coefficient (Wildman–Crippen LogP) is 1.32. The van der Waals surface area contributed by atoms with Crippen molar-refractivity contribution in [3.63, 3.8) is 0 Å². The summed E-state index contributed by atoms with van der Waals surface area (Å²) < 4.78 is 5.54. The minimum Gasteiger partial charge on any atom is -0.506 e. The van der Waals surface area contributed by atoms with Crippen molar-refractivity contribution in [3.8, 4) is 11.5 Å². The molecule has 7 heteroatoms. The predicted molar refractivity (Wildman–Crippen MR) is 79.1 cm³/mol. The number of Topliss-reactive ketones (excluding diaryl/α,β-unsaturated/α-hetero) is 1. The second-order valence-corrected chi connectivity index (χ2v) is 5.06. The van der Waals surface area contributed by atoms with Gasteiger partial charge in [-0.2, -0.15) is 0 Å². The van der Waals surface area contributed by atoms with Crippen molar-refractivity contribution in [3.05, 3.63) is 30.0 Å². The molecule has 0 saturated heterocycles. The lowest BCUT2D eigenvalue weighted by Gasteiger charge is -2.11. The largest absolute Gasteiger partial charge is 0.506 e. The number of nitrogens with two attached hydrogens (primary N) is 1. The molecule has 0 fully saturated rings. The van der Waals surface area contributed by atoms with E-state index in [0.29, 0.717) is 16.7 Å². The highest BCUT2D eigenvalue weighted by Gasteiger charge is 2.26. The summed E-state index contributed by atoms with van der Waals surface area (Å²) in [4.78, 5) is 26.7. The van der Waals surface area contributed by atoms with Crippen LogP contribution in [0, 0.1) is 0 Å². The number of carbonyl (C=O) groups excluding carboxylic acids is 1. The number of aromatic nitrogens is 1. The quantitative estimate of drug-likeness (QED) is 0.562. The standard InChI is InChI=1S/C15H16N2O5/c1-7(2)22-9-3-4-10-8(5-9)6-11(18)13(17-10)14(19)12(16)15(20)21/h3-7,12,18H,16H2,1-2H3,(H,20,21). The lowest BCUT2D eigenvalue weighted by molar-refractivity contribution is -0.137. The lowest BCUT2D eigenvalue weighted by Crippen LogP contribution is -2.38. The smallest absolute Gasteiger partial charge is 0.328 e. The van der Waals surface area contributed by atoms with Crippen molar-refractivity contribution >= 4 is 22.7 Å². The van der Waals surface area contributed by atoms with E-state index in [1.807, 2.05) is 13.8 Å². The molecule has 2 aromatic rings. The van der Waals surface area contributed by atoms with E-state index in [2.05, 4.69) is 4.98 Å². The maximum atomic E-state index is 11.9. The fourth-order valence-electron chi connectivity index (χ4n) is 1.93. The molecule has 1 heterocycles. The van der Waals surface area contributed by atoms with Crippen LogP contribution in [0.5, 0.6) is 11.5 Å². The maximum Gasteiger partial charge on any atom is 0.328 e. The summed E-state index contributed by atoms with van der Waals surface area (Å²) in [5, 5.41) is 19.2. The zero-order valence-electron chi connectivity index (χ0n) is 12.1. The number of carboxylic acid groups (broad SMARTS) is 1. The molecule has 0 aliphatic carbocycles. The molecule has 0 bridgehead atoms. The Labute approximate surface area is 126 Å². The van der Waals surface area contributed by atoms with Crippen molar-refractivity contribution < 1.29 is 24.5 Å². The van der Waals surface area contributed by atoms with Crippen LogP contribution in [0.1, 0.15) is 24.3 Å². The van der Waals surface area contributed by atoms with Crippen LogP contribution in [0.15, 0.2) is 24.3 Å². The van der Waals surface area contributed by atoms with Crippen LogP contribution < -0.4 is 10.5 Å². The number of aromatic hydroxyl groups is 1. The highest BCUT2D eigenvalue weighted by atomic mass is 16.5. The maximum absolute atomic E-state index is 11.9. The van der Waals surface area contributed by atoms with Gasteiger partial charge in [-0.3, -0.25) is 9.59 Å². The van der Waals surface area contributed by atoms with Gasteiger partial charge in [0.2, 0.25) is 5.78 Å².